The minimum Gasteiger partial charge on any atom is -0.312 e. The largest absolute Gasteiger partial charge is 0.312 e. The van der Waals surface area contributed by atoms with E-state index in [0.29, 0.717) is 17.9 Å². The molecule has 1 aromatic carbocycles. The molecule has 118 valence electrons. The first-order chi connectivity index (χ1) is 10.1. The van der Waals surface area contributed by atoms with Gasteiger partial charge in [-0.3, -0.25) is 4.90 Å². The molecule has 0 aliphatic heterocycles. The van der Waals surface area contributed by atoms with E-state index in [0.717, 1.165) is 12.6 Å². The van der Waals surface area contributed by atoms with E-state index in [4.69, 9.17) is 0 Å². The summed E-state index contributed by atoms with van der Waals surface area (Å²) in [6, 6.07) is 12.3. The molecule has 0 aromatic heterocycles. The predicted molar refractivity (Wildman–Crippen MR) is 91.5 cm³/mol. The molecule has 1 fully saturated rings. The monoisotopic (exact) mass is 288 g/mol. The molecule has 0 saturated heterocycles. The van der Waals surface area contributed by atoms with Crippen molar-refractivity contribution in [2.24, 2.45) is 11.8 Å². The second kappa shape index (κ2) is 7.95. The first kappa shape index (κ1) is 16.5. The summed E-state index contributed by atoms with van der Waals surface area (Å²) in [5.74, 6) is 1.41. The average molecular weight is 288 g/mol. The third-order valence-corrected chi connectivity index (χ3v) is 4.00. The average Bonchev–Trinajstić information content (AvgIpc) is 3.23. The van der Waals surface area contributed by atoms with Gasteiger partial charge in [-0.15, -0.1) is 0 Å². The maximum absolute atomic E-state index is 3.74. The van der Waals surface area contributed by atoms with Crippen molar-refractivity contribution in [3.8, 4) is 0 Å². The number of hydrogen-bond donors (Lipinski definition) is 1. The van der Waals surface area contributed by atoms with Crippen LogP contribution in [0.1, 0.15) is 52.1 Å². The molecule has 0 radical (unpaired) electrons. The van der Waals surface area contributed by atoms with Crippen LogP contribution in [0.2, 0.25) is 0 Å². The summed E-state index contributed by atoms with van der Waals surface area (Å²) in [4.78, 5) is 2.68. The van der Waals surface area contributed by atoms with Gasteiger partial charge in [-0.2, -0.15) is 0 Å². The molecule has 1 N–H and O–H groups in total. The summed E-state index contributed by atoms with van der Waals surface area (Å²) in [5.41, 5.74) is 1.45. The van der Waals surface area contributed by atoms with Crippen molar-refractivity contribution in [2.45, 2.75) is 52.6 Å². The van der Waals surface area contributed by atoms with E-state index in [2.05, 4.69) is 68.2 Å². The zero-order valence-corrected chi connectivity index (χ0v) is 14.2. The fraction of sp³-hybridized carbons (Fsp3) is 0.684. The molecular weight excluding hydrogens is 256 g/mol. The summed E-state index contributed by atoms with van der Waals surface area (Å²) >= 11 is 0. The lowest BCUT2D eigenvalue weighted by molar-refractivity contribution is 0.153. The Hall–Kier alpha value is -0.860. The van der Waals surface area contributed by atoms with Crippen molar-refractivity contribution >= 4 is 0 Å². The van der Waals surface area contributed by atoms with Crippen molar-refractivity contribution in [1.82, 2.24) is 10.2 Å². The second-order valence-electron chi connectivity index (χ2n) is 7.35. The Labute approximate surface area is 130 Å². The molecule has 2 nitrogen and oxygen atoms in total. The van der Waals surface area contributed by atoms with Crippen LogP contribution in [0, 0.1) is 11.8 Å². The van der Waals surface area contributed by atoms with E-state index in [9.17, 15) is 0 Å². The lowest BCUT2D eigenvalue weighted by Gasteiger charge is -2.35. The molecule has 0 heterocycles. The molecule has 0 amide bonds. The highest BCUT2D eigenvalue weighted by molar-refractivity contribution is 5.19. The molecule has 1 aromatic rings. The van der Waals surface area contributed by atoms with E-state index < -0.39 is 0 Å². The molecule has 1 aliphatic rings. The molecule has 1 atom stereocenters. The second-order valence-corrected chi connectivity index (χ2v) is 7.35. The molecule has 21 heavy (non-hydrogen) atoms. The summed E-state index contributed by atoms with van der Waals surface area (Å²) < 4.78 is 0. The smallest absolute Gasteiger partial charge is 0.0472 e. The Morgan fingerprint density at radius 1 is 1.00 bits per heavy atom. The standard InChI is InChI=1S/C19H32N2/c1-15(2)13-21(14-16(3)4)19(12-20-18-10-11-18)17-8-6-5-7-9-17/h5-9,15-16,18-20H,10-14H2,1-4H3. The van der Waals surface area contributed by atoms with E-state index >= 15 is 0 Å². The van der Waals surface area contributed by atoms with Gasteiger partial charge in [0.15, 0.2) is 0 Å². The molecule has 0 bridgehead atoms. The third kappa shape index (κ3) is 5.80. The van der Waals surface area contributed by atoms with E-state index in [-0.39, 0.29) is 0 Å². The van der Waals surface area contributed by atoms with Crippen LogP contribution >= 0.6 is 0 Å². The van der Waals surface area contributed by atoms with E-state index in [1.54, 1.807) is 0 Å². The minimum atomic E-state index is 0.497. The third-order valence-electron chi connectivity index (χ3n) is 4.00. The molecule has 2 heteroatoms. The van der Waals surface area contributed by atoms with Crippen LogP contribution in [-0.2, 0) is 0 Å². The maximum atomic E-state index is 3.74. The van der Waals surface area contributed by atoms with E-state index in [1.165, 1.54) is 31.5 Å². The summed E-state index contributed by atoms with van der Waals surface area (Å²) in [6.07, 6.45) is 2.71. The van der Waals surface area contributed by atoms with Crippen molar-refractivity contribution in [2.75, 3.05) is 19.6 Å². The van der Waals surface area contributed by atoms with Crippen LogP contribution in [-0.4, -0.2) is 30.6 Å². The van der Waals surface area contributed by atoms with E-state index in [1.807, 2.05) is 0 Å². The first-order valence-electron chi connectivity index (χ1n) is 8.58. The fourth-order valence-corrected chi connectivity index (χ4v) is 2.97. The zero-order valence-electron chi connectivity index (χ0n) is 14.2. The Balaban J connectivity index is 2.12. The molecule has 2 rings (SSSR count). The lowest BCUT2D eigenvalue weighted by atomic mass is 10.0. The molecule has 1 unspecified atom stereocenters. The van der Waals surface area contributed by atoms with Gasteiger partial charge in [-0.25, -0.2) is 0 Å². The quantitative estimate of drug-likeness (QED) is 0.736. The van der Waals surface area contributed by atoms with Crippen molar-refractivity contribution in [1.29, 1.82) is 0 Å². The fourth-order valence-electron chi connectivity index (χ4n) is 2.97. The van der Waals surface area contributed by atoms with Crippen LogP contribution < -0.4 is 5.32 Å². The zero-order chi connectivity index (χ0) is 15.2. The number of rotatable bonds is 9. The molecule has 0 spiro atoms. The first-order valence-corrected chi connectivity index (χ1v) is 8.58. The van der Waals surface area contributed by atoms with Crippen LogP contribution in [0.25, 0.3) is 0 Å². The highest BCUT2D eigenvalue weighted by Crippen LogP contribution is 2.25. The van der Waals surface area contributed by atoms with Gasteiger partial charge in [0.05, 0.1) is 0 Å². The molecule has 1 aliphatic carbocycles. The van der Waals surface area contributed by atoms with Crippen LogP contribution in [0.3, 0.4) is 0 Å². The van der Waals surface area contributed by atoms with Gasteiger partial charge >= 0.3 is 0 Å². The highest BCUT2D eigenvalue weighted by atomic mass is 15.2. The van der Waals surface area contributed by atoms with Crippen LogP contribution in [0.15, 0.2) is 30.3 Å². The van der Waals surface area contributed by atoms with Crippen molar-refractivity contribution in [3.05, 3.63) is 35.9 Å². The van der Waals surface area contributed by atoms with Gasteiger partial charge in [0.25, 0.3) is 0 Å². The van der Waals surface area contributed by atoms with Gasteiger partial charge in [0.2, 0.25) is 0 Å². The highest BCUT2D eigenvalue weighted by Gasteiger charge is 2.26. The Kier molecular flexibility index (Phi) is 6.25. The van der Waals surface area contributed by atoms with Gasteiger partial charge in [-0.1, -0.05) is 58.0 Å². The van der Waals surface area contributed by atoms with Gasteiger partial charge in [0.1, 0.15) is 0 Å². The normalized spacial score (nSPS) is 16.9. The van der Waals surface area contributed by atoms with Crippen LogP contribution in [0.5, 0.6) is 0 Å². The summed E-state index contributed by atoms with van der Waals surface area (Å²) in [7, 11) is 0. The molecule has 1 saturated carbocycles. The number of nitrogens with one attached hydrogen (secondary N) is 1. The lowest BCUT2D eigenvalue weighted by Crippen LogP contribution is -2.40. The van der Waals surface area contributed by atoms with Crippen LogP contribution in [0.4, 0.5) is 0 Å². The van der Waals surface area contributed by atoms with Gasteiger partial charge < -0.3 is 5.32 Å². The molecular formula is C19H32N2. The topological polar surface area (TPSA) is 15.3 Å². The Bertz CT molecular complexity index is 385. The summed E-state index contributed by atoms with van der Waals surface area (Å²) in [5, 5.41) is 3.74. The Morgan fingerprint density at radius 2 is 1.57 bits per heavy atom. The van der Waals surface area contributed by atoms with Gasteiger partial charge in [-0.05, 0) is 30.2 Å². The maximum Gasteiger partial charge on any atom is 0.0472 e. The number of benzene rings is 1. The number of hydrogen-bond acceptors (Lipinski definition) is 2. The predicted octanol–water partition coefficient (Wildman–Crippen LogP) is 4.09. The van der Waals surface area contributed by atoms with Gasteiger partial charge in [0, 0.05) is 31.7 Å². The SMILES string of the molecule is CC(C)CN(CC(C)C)C(CNC1CC1)c1ccccc1. The minimum absolute atomic E-state index is 0.497. The Morgan fingerprint density at radius 3 is 2.05 bits per heavy atom. The summed E-state index contributed by atoms with van der Waals surface area (Å²) in [6.45, 7) is 12.7. The van der Waals surface area contributed by atoms with Crippen molar-refractivity contribution in [3.63, 3.8) is 0 Å². The number of nitrogens with zero attached hydrogens (tertiary/aromatic N) is 1. The van der Waals surface area contributed by atoms with Crippen molar-refractivity contribution < 1.29 is 0 Å².